The van der Waals surface area contributed by atoms with Gasteiger partial charge in [-0.3, -0.25) is 0 Å². The van der Waals surface area contributed by atoms with Gasteiger partial charge in [-0.1, -0.05) is 99.3 Å². The Morgan fingerprint density at radius 1 is 0.846 bits per heavy atom. The van der Waals surface area contributed by atoms with Crippen LogP contribution in [0.4, 0.5) is 0 Å². The van der Waals surface area contributed by atoms with E-state index < -0.39 is 8.32 Å². The summed E-state index contributed by atoms with van der Waals surface area (Å²) in [5.41, 5.74) is 0. The van der Waals surface area contributed by atoms with Crippen LogP contribution in [-0.4, -0.2) is 8.32 Å². The van der Waals surface area contributed by atoms with Crippen molar-refractivity contribution in [1.29, 1.82) is 0 Å². The number of rotatable bonds is 4. The van der Waals surface area contributed by atoms with Crippen molar-refractivity contribution < 1.29 is 4.43 Å². The monoisotopic (exact) mass is 380 g/mol. The summed E-state index contributed by atoms with van der Waals surface area (Å²) < 4.78 is 7.00. The van der Waals surface area contributed by atoms with Gasteiger partial charge in [0, 0.05) is 6.42 Å². The van der Waals surface area contributed by atoms with Crippen molar-refractivity contribution in [3.8, 4) is 0 Å². The fourth-order valence-electron chi connectivity index (χ4n) is 4.61. The Labute approximate surface area is 166 Å². The Bertz CT molecular complexity index is 390. The molecule has 0 saturated heterocycles. The molecular formula is C24H48OSi. The molecule has 0 N–H and O–H groups in total. The van der Waals surface area contributed by atoms with Crippen molar-refractivity contribution in [2.24, 2.45) is 5.92 Å². The molecule has 0 aromatic rings. The van der Waals surface area contributed by atoms with Gasteiger partial charge < -0.3 is 4.43 Å². The zero-order chi connectivity index (χ0) is 19.5. The van der Waals surface area contributed by atoms with Gasteiger partial charge in [0.15, 0.2) is 0 Å². The van der Waals surface area contributed by atoms with E-state index in [-0.39, 0.29) is 0 Å². The lowest BCUT2D eigenvalue weighted by Crippen LogP contribution is -2.45. The van der Waals surface area contributed by atoms with E-state index in [4.69, 9.17) is 4.43 Å². The fourth-order valence-corrected chi connectivity index (χ4v) is 8.50. The predicted octanol–water partition coefficient (Wildman–Crippen LogP) is 9.00. The Balaban J connectivity index is 2.85. The standard InChI is InChI=1S/C24H48OSi/c1-7-26(8-2,24(4,5)6)25-23-20-18-16-14-12-10-9-11-13-15-17-19-22(3)21-23/h21-22H,7-20H2,1-6H3. The molecule has 0 aliphatic heterocycles. The van der Waals surface area contributed by atoms with Crippen LogP contribution in [0.1, 0.15) is 119 Å². The van der Waals surface area contributed by atoms with E-state index >= 15 is 0 Å². The van der Waals surface area contributed by atoms with Crippen LogP contribution in [-0.2, 0) is 4.43 Å². The van der Waals surface area contributed by atoms with Gasteiger partial charge in [-0.2, -0.15) is 0 Å². The van der Waals surface area contributed by atoms with Crippen molar-refractivity contribution in [1.82, 2.24) is 0 Å². The van der Waals surface area contributed by atoms with Crippen molar-refractivity contribution >= 4 is 8.32 Å². The minimum Gasteiger partial charge on any atom is -0.546 e. The SMILES string of the molecule is CC[Si](CC)(OC1=CC(C)CCCCCCCCCCCC1)C(C)(C)C. The smallest absolute Gasteiger partial charge is 0.255 e. The van der Waals surface area contributed by atoms with E-state index in [1.807, 2.05) is 0 Å². The average molecular weight is 381 g/mol. The van der Waals surface area contributed by atoms with E-state index in [9.17, 15) is 0 Å². The third-order valence-corrected chi connectivity index (χ3v) is 12.3. The second kappa shape index (κ2) is 12.3. The Kier molecular flexibility index (Phi) is 11.2. The van der Waals surface area contributed by atoms with Gasteiger partial charge in [0.05, 0.1) is 5.76 Å². The van der Waals surface area contributed by atoms with Crippen LogP contribution < -0.4 is 0 Å². The molecule has 0 radical (unpaired) electrons. The highest BCUT2D eigenvalue weighted by atomic mass is 28.4. The van der Waals surface area contributed by atoms with Gasteiger partial charge in [-0.25, -0.2) is 0 Å². The molecule has 0 aromatic heterocycles. The second-order valence-corrected chi connectivity index (χ2v) is 14.8. The number of hydrogen-bond acceptors (Lipinski definition) is 1. The Morgan fingerprint density at radius 3 is 1.77 bits per heavy atom. The van der Waals surface area contributed by atoms with Gasteiger partial charge in [0.1, 0.15) is 0 Å². The van der Waals surface area contributed by atoms with Gasteiger partial charge in [-0.05, 0) is 42.0 Å². The molecule has 1 aliphatic carbocycles. The molecule has 26 heavy (non-hydrogen) atoms. The minimum atomic E-state index is -1.75. The van der Waals surface area contributed by atoms with Gasteiger partial charge in [0.2, 0.25) is 0 Å². The summed E-state index contributed by atoms with van der Waals surface area (Å²) in [5, 5.41) is 0.303. The third-order valence-electron chi connectivity index (χ3n) is 6.64. The Morgan fingerprint density at radius 2 is 1.31 bits per heavy atom. The number of allylic oxidation sites excluding steroid dienone is 2. The molecule has 0 amide bonds. The molecule has 2 heteroatoms. The van der Waals surface area contributed by atoms with Crippen LogP contribution in [0.5, 0.6) is 0 Å². The van der Waals surface area contributed by atoms with Crippen molar-refractivity contribution in [2.75, 3.05) is 0 Å². The van der Waals surface area contributed by atoms with Crippen LogP contribution >= 0.6 is 0 Å². The first-order chi connectivity index (χ1) is 12.3. The molecule has 0 saturated carbocycles. The third kappa shape index (κ3) is 8.19. The van der Waals surface area contributed by atoms with Crippen LogP contribution in [0.15, 0.2) is 11.8 Å². The lowest BCUT2D eigenvalue weighted by molar-refractivity contribution is 0.343. The summed E-state index contributed by atoms with van der Waals surface area (Å²) in [6.45, 7) is 14.3. The second-order valence-electron chi connectivity index (χ2n) is 9.74. The summed E-state index contributed by atoms with van der Waals surface area (Å²) in [6, 6.07) is 2.44. The maximum atomic E-state index is 7.00. The number of hydrogen-bond donors (Lipinski definition) is 0. The Hall–Kier alpha value is -0.243. The summed E-state index contributed by atoms with van der Waals surface area (Å²) in [5.74, 6) is 2.01. The molecule has 1 nitrogen and oxygen atoms in total. The molecule has 1 unspecified atom stereocenters. The molecular weight excluding hydrogens is 332 g/mol. The van der Waals surface area contributed by atoms with Gasteiger partial charge >= 0.3 is 0 Å². The first-order valence-electron chi connectivity index (χ1n) is 11.7. The maximum absolute atomic E-state index is 7.00. The molecule has 0 fully saturated rings. The summed E-state index contributed by atoms with van der Waals surface area (Å²) in [4.78, 5) is 0. The highest BCUT2D eigenvalue weighted by molar-refractivity contribution is 6.76. The van der Waals surface area contributed by atoms with E-state index in [1.54, 1.807) is 0 Å². The molecule has 1 rings (SSSR count). The van der Waals surface area contributed by atoms with Crippen molar-refractivity contribution in [3.05, 3.63) is 11.8 Å². The van der Waals surface area contributed by atoms with E-state index in [0.29, 0.717) is 11.0 Å². The van der Waals surface area contributed by atoms with Gasteiger partial charge in [0.25, 0.3) is 8.32 Å². The van der Waals surface area contributed by atoms with Crippen LogP contribution in [0, 0.1) is 5.92 Å². The predicted molar refractivity (Wildman–Crippen MR) is 120 cm³/mol. The molecule has 0 bridgehead atoms. The molecule has 1 aliphatic rings. The van der Waals surface area contributed by atoms with Gasteiger partial charge in [-0.15, -0.1) is 0 Å². The average Bonchev–Trinajstić information content (AvgIpc) is 2.59. The first kappa shape index (κ1) is 23.8. The lowest BCUT2D eigenvalue weighted by atomic mass is 10.0. The summed E-state index contributed by atoms with van der Waals surface area (Å²) >= 11 is 0. The maximum Gasteiger partial charge on any atom is 0.255 e. The summed E-state index contributed by atoms with van der Waals surface area (Å²) in [6.07, 6.45) is 19.1. The minimum absolute atomic E-state index is 0.303. The highest BCUT2D eigenvalue weighted by Gasteiger charge is 2.45. The topological polar surface area (TPSA) is 9.23 Å². The highest BCUT2D eigenvalue weighted by Crippen LogP contribution is 2.44. The van der Waals surface area contributed by atoms with Crippen molar-refractivity contribution in [3.63, 3.8) is 0 Å². The lowest BCUT2D eigenvalue weighted by Gasteiger charge is -2.42. The van der Waals surface area contributed by atoms with Crippen LogP contribution in [0.3, 0.4) is 0 Å². The molecule has 0 heterocycles. The van der Waals surface area contributed by atoms with E-state index in [1.165, 1.54) is 88.5 Å². The van der Waals surface area contributed by atoms with E-state index in [0.717, 1.165) is 6.42 Å². The van der Waals surface area contributed by atoms with Crippen LogP contribution in [0.25, 0.3) is 0 Å². The molecule has 154 valence electrons. The van der Waals surface area contributed by atoms with Crippen molar-refractivity contribution in [2.45, 2.75) is 136 Å². The summed E-state index contributed by atoms with van der Waals surface area (Å²) in [7, 11) is -1.75. The normalized spacial score (nSPS) is 22.8. The zero-order valence-corrected chi connectivity index (χ0v) is 20.0. The fraction of sp³-hybridized carbons (Fsp3) is 0.917. The quantitative estimate of drug-likeness (QED) is 0.442. The first-order valence-corrected chi connectivity index (χ1v) is 14.1. The molecule has 0 aromatic carbocycles. The molecule has 0 spiro atoms. The molecule has 1 atom stereocenters. The van der Waals surface area contributed by atoms with Crippen LogP contribution in [0.2, 0.25) is 17.1 Å². The largest absolute Gasteiger partial charge is 0.546 e. The zero-order valence-electron chi connectivity index (χ0n) is 19.0. The van der Waals surface area contributed by atoms with E-state index in [2.05, 4.69) is 47.6 Å².